The minimum Gasteiger partial charge on any atom is -0.344 e. The maximum Gasteiger partial charge on any atom is 0.106 e. The van der Waals surface area contributed by atoms with Gasteiger partial charge in [0.25, 0.3) is 0 Å². The Morgan fingerprint density at radius 3 is 2.65 bits per heavy atom. The van der Waals surface area contributed by atoms with Crippen LogP contribution in [0.5, 0.6) is 0 Å². The highest BCUT2D eigenvalue weighted by molar-refractivity contribution is 7.13. The molecule has 0 aliphatic carbocycles. The second kappa shape index (κ2) is 4.18. The summed E-state index contributed by atoms with van der Waals surface area (Å²) in [5.41, 5.74) is 4.57. The lowest BCUT2D eigenvalue weighted by atomic mass is 10.1. The summed E-state index contributed by atoms with van der Waals surface area (Å²) in [6.45, 7) is 2.09. The molecule has 3 heteroatoms. The van der Waals surface area contributed by atoms with Gasteiger partial charge in [-0.2, -0.15) is 0 Å². The van der Waals surface area contributed by atoms with Gasteiger partial charge in [-0.15, -0.1) is 11.3 Å². The number of imidazole rings is 1. The highest BCUT2D eigenvalue weighted by atomic mass is 32.1. The van der Waals surface area contributed by atoms with Gasteiger partial charge in [0.1, 0.15) is 5.69 Å². The van der Waals surface area contributed by atoms with Crippen LogP contribution in [-0.4, -0.2) is 9.97 Å². The van der Waals surface area contributed by atoms with E-state index in [2.05, 4.69) is 52.6 Å². The Morgan fingerprint density at radius 2 is 1.94 bits per heavy atom. The molecule has 0 saturated heterocycles. The van der Waals surface area contributed by atoms with E-state index in [1.807, 2.05) is 6.07 Å². The van der Waals surface area contributed by atoms with Crippen LogP contribution in [-0.2, 0) is 0 Å². The lowest BCUT2D eigenvalue weighted by Gasteiger charge is -2.01. The minimum absolute atomic E-state index is 1.03. The smallest absolute Gasteiger partial charge is 0.106 e. The number of benzene rings is 1. The average molecular weight is 240 g/mol. The first-order valence-corrected chi connectivity index (χ1v) is 6.37. The summed E-state index contributed by atoms with van der Waals surface area (Å²) in [6.07, 6.45) is 1.75. The first kappa shape index (κ1) is 10.3. The Hall–Kier alpha value is -1.87. The van der Waals surface area contributed by atoms with Crippen LogP contribution in [0.4, 0.5) is 0 Å². The maximum absolute atomic E-state index is 4.41. The van der Waals surface area contributed by atoms with Gasteiger partial charge >= 0.3 is 0 Å². The number of nitrogens with zero attached hydrogens (tertiary/aromatic N) is 1. The first-order valence-electron chi connectivity index (χ1n) is 5.49. The summed E-state index contributed by atoms with van der Waals surface area (Å²) >= 11 is 1.71. The Balaban J connectivity index is 2.10. The number of aromatic nitrogens is 2. The molecule has 1 N–H and O–H groups in total. The third-order valence-electron chi connectivity index (χ3n) is 2.73. The lowest BCUT2D eigenvalue weighted by Crippen LogP contribution is -1.82. The fraction of sp³-hybridized carbons (Fsp3) is 0.0714. The van der Waals surface area contributed by atoms with Crippen molar-refractivity contribution < 1.29 is 0 Å². The van der Waals surface area contributed by atoms with Crippen molar-refractivity contribution in [1.29, 1.82) is 0 Å². The van der Waals surface area contributed by atoms with Crippen LogP contribution in [0.1, 0.15) is 5.56 Å². The first-order chi connectivity index (χ1) is 8.34. The van der Waals surface area contributed by atoms with Crippen LogP contribution >= 0.6 is 11.3 Å². The van der Waals surface area contributed by atoms with E-state index >= 15 is 0 Å². The summed E-state index contributed by atoms with van der Waals surface area (Å²) in [7, 11) is 0. The van der Waals surface area contributed by atoms with Gasteiger partial charge in [0.2, 0.25) is 0 Å². The van der Waals surface area contributed by atoms with E-state index in [1.165, 1.54) is 16.0 Å². The quantitative estimate of drug-likeness (QED) is 0.717. The second-order valence-corrected chi connectivity index (χ2v) is 4.92. The van der Waals surface area contributed by atoms with Crippen LogP contribution in [0.25, 0.3) is 21.8 Å². The molecule has 0 spiro atoms. The highest BCUT2D eigenvalue weighted by Crippen LogP contribution is 2.31. The van der Waals surface area contributed by atoms with E-state index in [0.717, 1.165) is 11.4 Å². The SMILES string of the molecule is Cc1ccc(-c2[nH]cnc2-c2cccs2)cc1. The molecule has 0 radical (unpaired) electrons. The number of hydrogen-bond acceptors (Lipinski definition) is 2. The molecule has 2 nitrogen and oxygen atoms in total. The van der Waals surface area contributed by atoms with Gasteiger partial charge in [0.15, 0.2) is 0 Å². The number of rotatable bonds is 2. The molecule has 3 aromatic rings. The fourth-order valence-corrected chi connectivity index (χ4v) is 2.56. The monoisotopic (exact) mass is 240 g/mol. The number of nitrogens with one attached hydrogen (secondary N) is 1. The third kappa shape index (κ3) is 1.89. The summed E-state index contributed by atoms with van der Waals surface area (Å²) < 4.78 is 0. The maximum atomic E-state index is 4.41. The number of aromatic amines is 1. The molecule has 2 heterocycles. The van der Waals surface area contributed by atoms with Crippen molar-refractivity contribution in [3.05, 3.63) is 53.7 Å². The summed E-state index contributed by atoms with van der Waals surface area (Å²) in [5, 5.41) is 2.07. The Kier molecular flexibility index (Phi) is 2.53. The van der Waals surface area contributed by atoms with Gasteiger partial charge in [-0.1, -0.05) is 35.9 Å². The van der Waals surface area contributed by atoms with Crippen molar-refractivity contribution in [2.75, 3.05) is 0 Å². The van der Waals surface area contributed by atoms with Crippen LogP contribution < -0.4 is 0 Å². The van der Waals surface area contributed by atoms with Gasteiger partial charge in [-0.3, -0.25) is 0 Å². The molecular weight excluding hydrogens is 228 g/mol. The van der Waals surface area contributed by atoms with Crippen LogP contribution in [0, 0.1) is 6.92 Å². The molecule has 0 aliphatic rings. The van der Waals surface area contributed by atoms with Crippen molar-refractivity contribution >= 4 is 11.3 Å². The minimum atomic E-state index is 1.03. The van der Waals surface area contributed by atoms with E-state index < -0.39 is 0 Å². The number of H-pyrrole nitrogens is 1. The standard InChI is InChI=1S/C14H12N2S/c1-10-4-6-11(7-5-10)13-14(16-9-15-13)12-3-2-8-17-12/h2-9H,1H3,(H,15,16). The third-order valence-corrected chi connectivity index (χ3v) is 3.61. The van der Waals surface area contributed by atoms with Crippen LogP contribution in [0.3, 0.4) is 0 Å². The second-order valence-electron chi connectivity index (χ2n) is 3.97. The summed E-state index contributed by atoms with van der Waals surface area (Å²) in [6, 6.07) is 12.6. The van der Waals surface area contributed by atoms with Gasteiger partial charge < -0.3 is 4.98 Å². The van der Waals surface area contributed by atoms with E-state index in [1.54, 1.807) is 17.7 Å². The Labute approximate surface area is 104 Å². The topological polar surface area (TPSA) is 28.7 Å². The number of aryl methyl sites for hydroxylation is 1. The van der Waals surface area contributed by atoms with E-state index in [0.29, 0.717) is 0 Å². The zero-order chi connectivity index (χ0) is 11.7. The Bertz CT molecular complexity index is 606. The average Bonchev–Trinajstić information content (AvgIpc) is 3.00. The van der Waals surface area contributed by atoms with Gasteiger partial charge in [0, 0.05) is 5.56 Å². The molecule has 2 aromatic heterocycles. The van der Waals surface area contributed by atoms with Crippen molar-refractivity contribution in [3.8, 4) is 21.8 Å². The normalized spacial score (nSPS) is 10.6. The molecule has 0 aliphatic heterocycles. The zero-order valence-electron chi connectivity index (χ0n) is 9.47. The predicted octanol–water partition coefficient (Wildman–Crippen LogP) is 4.11. The highest BCUT2D eigenvalue weighted by Gasteiger charge is 2.10. The van der Waals surface area contributed by atoms with Crippen molar-refractivity contribution in [2.45, 2.75) is 6.92 Å². The van der Waals surface area contributed by atoms with E-state index in [4.69, 9.17) is 0 Å². The van der Waals surface area contributed by atoms with Crippen LogP contribution in [0.15, 0.2) is 48.1 Å². The molecule has 0 atom stereocenters. The molecule has 1 aromatic carbocycles. The summed E-state index contributed by atoms with van der Waals surface area (Å²) in [5.74, 6) is 0. The van der Waals surface area contributed by atoms with Gasteiger partial charge in [0.05, 0.1) is 16.9 Å². The van der Waals surface area contributed by atoms with Crippen molar-refractivity contribution in [2.24, 2.45) is 0 Å². The molecule has 0 fully saturated rings. The molecule has 0 bridgehead atoms. The molecular formula is C14H12N2S. The number of hydrogen-bond donors (Lipinski definition) is 1. The summed E-state index contributed by atoms with van der Waals surface area (Å²) in [4.78, 5) is 8.83. The molecule has 17 heavy (non-hydrogen) atoms. The van der Waals surface area contributed by atoms with Gasteiger partial charge in [-0.25, -0.2) is 4.98 Å². The molecule has 0 amide bonds. The molecule has 84 valence electrons. The molecule has 0 unspecified atom stereocenters. The number of thiophene rings is 1. The van der Waals surface area contributed by atoms with Crippen LogP contribution in [0.2, 0.25) is 0 Å². The predicted molar refractivity (Wildman–Crippen MR) is 72.1 cm³/mol. The molecule has 0 saturated carbocycles. The molecule has 3 rings (SSSR count). The fourth-order valence-electron chi connectivity index (χ4n) is 1.83. The zero-order valence-corrected chi connectivity index (χ0v) is 10.3. The Morgan fingerprint density at radius 1 is 1.12 bits per heavy atom. The van der Waals surface area contributed by atoms with Crippen molar-refractivity contribution in [1.82, 2.24) is 9.97 Å². The van der Waals surface area contributed by atoms with E-state index in [-0.39, 0.29) is 0 Å². The largest absolute Gasteiger partial charge is 0.344 e. The van der Waals surface area contributed by atoms with Crippen molar-refractivity contribution in [3.63, 3.8) is 0 Å². The van der Waals surface area contributed by atoms with E-state index in [9.17, 15) is 0 Å². The van der Waals surface area contributed by atoms with Gasteiger partial charge in [-0.05, 0) is 18.4 Å². The lowest BCUT2D eigenvalue weighted by molar-refractivity contribution is 1.31.